The quantitative estimate of drug-likeness (QED) is 0.670. The van der Waals surface area contributed by atoms with Gasteiger partial charge in [0.2, 0.25) is 0 Å². The Bertz CT molecular complexity index is 350. The molecule has 2 nitrogen and oxygen atoms in total. The normalized spacial score (nSPS) is 10.8. The molecule has 60 valence electrons. The van der Waals surface area contributed by atoms with Crippen LogP contribution >= 0.6 is 11.6 Å². The highest BCUT2D eigenvalue weighted by molar-refractivity contribution is 6.30. The lowest BCUT2D eigenvalue weighted by Gasteiger charge is -1.97. The molecule has 1 rings (SSSR count). The van der Waals surface area contributed by atoms with Gasteiger partial charge in [-0.25, -0.2) is 0 Å². The largest absolute Gasteiger partial charge is 0.404 e. The molecule has 0 spiro atoms. The second-order valence-corrected chi connectivity index (χ2v) is 2.64. The first kappa shape index (κ1) is 8.63. The second kappa shape index (κ2) is 3.80. The monoisotopic (exact) mass is 178 g/mol. The summed E-state index contributed by atoms with van der Waals surface area (Å²) >= 11 is 5.73. The van der Waals surface area contributed by atoms with Crippen LogP contribution in [0.5, 0.6) is 0 Å². The summed E-state index contributed by atoms with van der Waals surface area (Å²) in [6.45, 7) is 0. The van der Waals surface area contributed by atoms with Crippen molar-refractivity contribution >= 4 is 17.2 Å². The van der Waals surface area contributed by atoms with E-state index in [2.05, 4.69) is 0 Å². The van der Waals surface area contributed by atoms with Gasteiger partial charge in [0.1, 0.15) is 6.07 Å². The molecule has 0 amide bonds. The minimum absolute atomic E-state index is 0.428. The number of rotatable bonds is 1. The molecule has 12 heavy (non-hydrogen) atoms. The molecule has 0 fully saturated rings. The van der Waals surface area contributed by atoms with Gasteiger partial charge in [0.05, 0.1) is 5.57 Å². The molecule has 2 N–H and O–H groups in total. The van der Waals surface area contributed by atoms with Gasteiger partial charge in [0, 0.05) is 11.2 Å². The Kier molecular flexibility index (Phi) is 2.73. The van der Waals surface area contributed by atoms with Gasteiger partial charge < -0.3 is 5.73 Å². The van der Waals surface area contributed by atoms with Crippen LogP contribution in [0.4, 0.5) is 0 Å². The lowest BCUT2D eigenvalue weighted by Crippen LogP contribution is -1.86. The summed E-state index contributed by atoms with van der Waals surface area (Å²) in [6.07, 6.45) is 1.27. The molecule has 0 aromatic heterocycles. The van der Waals surface area contributed by atoms with E-state index in [1.165, 1.54) is 6.20 Å². The predicted octanol–water partition coefficient (Wildman–Crippen LogP) is 2.16. The number of allylic oxidation sites excluding steroid dienone is 1. The molecule has 0 unspecified atom stereocenters. The van der Waals surface area contributed by atoms with E-state index >= 15 is 0 Å². The summed E-state index contributed by atoms with van der Waals surface area (Å²) < 4.78 is 0. The van der Waals surface area contributed by atoms with Gasteiger partial charge in [-0.3, -0.25) is 0 Å². The Labute approximate surface area is 75.9 Å². The summed E-state index contributed by atoms with van der Waals surface area (Å²) in [5.74, 6) is 0. The fraction of sp³-hybridized carbons (Fsp3) is 0. The van der Waals surface area contributed by atoms with Crippen LogP contribution in [-0.2, 0) is 0 Å². The Balaban J connectivity index is 3.13. The number of nitriles is 1. The van der Waals surface area contributed by atoms with Crippen molar-refractivity contribution in [3.8, 4) is 6.07 Å². The number of benzene rings is 1. The van der Waals surface area contributed by atoms with Crippen LogP contribution in [0.1, 0.15) is 5.56 Å². The van der Waals surface area contributed by atoms with Crippen molar-refractivity contribution in [1.82, 2.24) is 0 Å². The van der Waals surface area contributed by atoms with E-state index in [-0.39, 0.29) is 0 Å². The molecule has 1 aromatic rings. The average Bonchev–Trinajstić information content (AvgIpc) is 2.07. The lowest BCUT2D eigenvalue weighted by atomic mass is 10.1. The maximum atomic E-state index is 8.63. The highest BCUT2D eigenvalue weighted by Crippen LogP contribution is 2.16. The third-order valence-electron chi connectivity index (χ3n) is 1.42. The Hall–Kier alpha value is -1.46. The van der Waals surface area contributed by atoms with Crippen molar-refractivity contribution in [2.24, 2.45) is 5.73 Å². The molecule has 0 aliphatic heterocycles. The van der Waals surface area contributed by atoms with Gasteiger partial charge in [0.25, 0.3) is 0 Å². The van der Waals surface area contributed by atoms with E-state index in [1.807, 2.05) is 6.07 Å². The van der Waals surface area contributed by atoms with E-state index in [1.54, 1.807) is 24.3 Å². The molecule has 0 bridgehead atoms. The topological polar surface area (TPSA) is 49.8 Å². The fourth-order valence-corrected chi connectivity index (χ4v) is 1.04. The van der Waals surface area contributed by atoms with Gasteiger partial charge in [-0.15, -0.1) is 0 Å². The van der Waals surface area contributed by atoms with Crippen LogP contribution < -0.4 is 5.73 Å². The summed E-state index contributed by atoms with van der Waals surface area (Å²) in [5, 5.41) is 9.23. The van der Waals surface area contributed by atoms with Gasteiger partial charge in [0.15, 0.2) is 0 Å². The van der Waals surface area contributed by atoms with Crippen molar-refractivity contribution in [1.29, 1.82) is 5.26 Å². The summed E-state index contributed by atoms with van der Waals surface area (Å²) in [7, 11) is 0. The smallest absolute Gasteiger partial charge is 0.101 e. The molecule has 0 aliphatic rings. The average molecular weight is 179 g/mol. The molecule has 0 radical (unpaired) electrons. The number of nitrogens with zero attached hydrogens (tertiary/aromatic N) is 1. The third kappa shape index (κ3) is 1.77. The van der Waals surface area contributed by atoms with Gasteiger partial charge in [-0.2, -0.15) is 5.26 Å². The molecular formula is C9H7ClN2. The van der Waals surface area contributed by atoms with Crippen molar-refractivity contribution in [3.05, 3.63) is 41.1 Å². The van der Waals surface area contributed by atoms with Crippen LogP contribution in [0.2, 0.25) is 5.02 Å². The number of hydrogen-bond donors (Lipinski definition) is 1. The van der Waals surface area contributed by atoms with Crippen molar-refractivity contribution in [2.75, 3.05) is 0 Å². The first-order chi connectivity index (χ1) is 5.77. The Morgan fingerprint density at radius 2 is 2.33 bits per heavy atom. The highest BCUT2D eigenvalue weighted by atomic mass is 35.5. The molecule has 0 aliphatic carbocycles. The molecule has 0 heterocycles. The highest BCUT2D eigenvalue weighted by Gasteiger charge is 1.98. The van der Waals surface area contributed by atoms with Crippen molar-refractivity contribution < 1.29 is 0 Å². The van der Waals surface area contributed by atoms with Gasteiger partial charge in [-0.1, -0.05) is 23.7 Å². The van der Waals surface area contributed by atoms with Gasteiger partial charge >= 0.3 is 0 Å². The van der Waals surface area contributed by atoms with E-state index in [0.29, 0.717) is 10.6 Å². The zero-order valence-corrected chi connectivity index (χ0v) is 7.05. The second-order valence-electron chi connectivity index (χ2n) is 2.20. The van der Waals surface area contributed by atoms with Crippen LogP contribution in [0.15, 0.2) is 30.5 Å². The zero-order chi connectivity index (χ0) is 8.97. The molecular weight excluding hydrogens is 172 g/mol. The minimum atomic E-state index is 0.428. The molecule has 0 saturated heterocycles. The Morgan fingerprint density at radius 3 is 2.83 bits per heavy atom. The van der Waals surface area contributed by atoms with Gasteiger partial charge in [-0.05, 0) is 17.7 Å². The van der Waals surface area contributed by atoms with E-state index in [0.717, 1.165) is 5.56 Å². The number of halogens is 1. The molecule has 0 atom stereocenters. The maximum Gasteiger partial charge on any atom is 0.101 e. The summed E-state index contributed by atoms with van der Waals surface area (Å²) in [6, 6.07) is 8.98. The van der Waals surface area contributed by atoms with Crippen LogP contribution in [0, 0.1) is 11.3 Å². The first-order valence-corrected chi connectivity index (χ1v) is 3.73. The number of hydrogen-bond acceptors (Lipinski definition) is 2. The molecule has 3 heteroatoms. The van der Waals surface area contributed by atoms with E-state index < -0.39 is 0 Å². The summed E-state index contributed by atoms with van der Waals surface area (Å²) in [4.78, 5) is 0. The Morgan fingerprint density at radius 1 is 1.58 bits per heavy atom. The zero-order valence-electron chi connectivity index (χ0n) is 6.29. The van der Waals surface area contributed by atoms with E-state index in [9.17, 15) is 0 Å². The van der Waals surface area contributed by atoms with Crippen molar-refractivity contribution in [3.63, 3.8) is 0 Å². The standard InChI is InChI=1S/C9H7ClN2/c10-9-3-1-2-7(4-9)8(5-11)6-12/h1-5H,11H2/b8-5-. The van der Waals surface area contributed by atoms with Crippen LogP contribution in [0.25, 0.3) is 5.57 Å². The van der Waals surface area contributed by atoms with Crippen molar-refractivity contribution in [2.45, 2.75) is 0 Å². The fourth-order valence-electron chi connectivity index (χ4n) is 0.854. The maximum absolute atomic E-state index is 8.63. The summed E-state index contributed by atoms with van der Waals surface area (Å²) in [5.41, 5.74) is 6.41. The van der Waals surface area contributed by atoms with Crippen LogP contribution in [-0.4, -0.2) is 0 Å². The SMILES string of the molecule is N#C/C(=C/N)c1cccc(Cl)c1. The third-order valence-corrected chi connectivity index (χ3v) is 1.66. The van der Waals surface area contributed by atoms with Crippen LogP contribution in [0.3, 0.4) is 0 Å². The lowest BCUT2D eigenvalue weighted by molar-refractivity contribution is 1.50. The molecule has 1 aromatic carbocycles. The minimum Gasteiger partial charge on any atom is -0.404 e. The van der Waals surface area contributed by atoms with E-state index in [4.69, 9.17) is 22.6 Å². The number of nitrogens with two attached hydrogens (primary N) is 1. The first-order valence-electron chi connectivity index (χ1n) is 3.36. The predicted molar refractivity (Wildman–Crippen MR) is 49.2 cm³/mol. The molecule has 0 saturated carbocycles.